The zero-order valence-corrected chi connectivity index (χ0v) is 22.1. The Labute approximate surface area is 226 Å². The normalized spacial score (nSPS) is 14.0. The number of alkyl halides is 3. The Kier molecular flexibility index (Phi) is 11.5. The highest BCUT2D eigenvalue weighted by Gasteiger charge is 2.36. The molecule has 12 heteroatoms. The molecular formula is C27H36F3N5O4. The lowest BCUT2D eigenvalue weighted by Gasteiger charge is -2.24. The van der Waals surface area contributed by atoms with Crippen LogP contribution in [0.25, 0.3) is 0 Å². The second-order valence-electron chi connectivity index (χ2n) is 9.41. The molecular weight excluding hydrogens is 515 g/mol. The number of unbranched alkanes of at least 4 members (excludes halogenated alkanes) is 1. The van der Waals surface area contributed by atoms with Gasteiger partial charge >= 0.3 is 12.1 Å². The highest BCUT2D eigenvalue weighted by molar-refractivity contribution is 5.97. The van der Waals surface area contributed by atoms with Gasteiger partial charge in [0, 0.05) is 44.3 Å². The lowest BCUT2D eigenvalue weighted by Crippen LogP contribution is -2.44. The molecule has 1 aliphatic heterocycles. The van der Waals surface area contributed by atoms with E-state index in [9.17, 15) is 27.9 Å². The summed E-state index contributed by atoms with van der Waals surface area (Å²) >= 11 is 0. The summed E-state index contributed by atoms with van der Waals surface area (Å²) in [5, 5.41) is 15.2. The van der Waals surface area contributed by atoms with Crippen molar-refractivity contribution >= 4 is 17.7 Å². The number of anilines is 1. The summed E-state index contributed by atoms with van der Waals surface area (Å²) in [6.07, 6.45) is 1.54. The summed E-state index contributed by atoms with van der Waals surface area (Å²) in [5.41, 5.74) is 0.384. The van der Waals surface area contributed by atoms with Gasteiger partial charge in [0.2, 0.25) is 0 Å². The third-order valence-electron chi connectivity index (χ3n) is 6.57. The van der Waals surface area contributed by atoms with Crippen molar-refractivity contribution in [2.24, 2.45) is 0 Å². The van der Waals surface area contributed by atoms with Crippen LogP contribution in [0.5, 0.6) is 0 Å². The molecule has 3 rings (SSSR count). The standard InChI is InChI=1S/C27H36F3N5O4/c1-2-39-17-16-35(14-4-3-7-20-9-8-19-6-5-12-32-24(19)33-20)15-11-23(26(37)38)34-25(36)21-10-13-31-18-22(21)27(28,29)30/h8-10,13,18,23H,2-7,11-12,14-17H2,1H3,(H,32,33)(H,34,36)(H,37,38). The van der Waals surface area contributed by atoms with E-state index in [4.69, 9.17) is 9.72 Å². The molecule has 1 aliphatic rings. The summed E-state index contributed by atoms with van der Waals surface area (Å²) in [5.74, 6) is -1.46. The smallest absolute Gasteiger partial charge is 0.418 e. The largest absolute Gasteiger partial charge is 0.480 e. The average molecular weight is 552 g/mol. The number of aryl methyl sites for hydroxylation is 2. The maximum atomic E-state index is 13.3. The molecule has 0 saturated carbocycles. The van der Waals surface area contributed by atoms with Gasteiger partial charge in [-0.3, -0.25) is 9.78 Å². The summed E-state index contributed by atoms with van der Waals surface area (Å²) < 4.78 is 45.3. The van der Waals surface area contributed by atoms with Gasteiger partial charge < -0.3 is 25.4 Å². The third kappa shape index (κ3) is 9.47. The molecule has 1 unspecified atom stereocenters. The number of nitrogens with one attached hydrogen (secondary N) is 2. The molecule has 9 nitrogen and oxygen atoms in total. The van der Waals surface area contributed by atoms with Crippen molar-refractivity contribution in [3.05, 3.63) is 53.0 Å². The summed E-state index contributed by atoms with van der Waals surface area (Å²) in [6.45, 7) is 5.40. The number of fused-ring (bicyclic) bond motifs is 1. The van der Waals surface area contributed by atoms with Gasteiger partial charge in [-0.25, -0.2) is 9.78 Å². The summed E-state index contributed by atoms with van der Waals surface area (Å²) in [6, 6.07) is 3.76. The minimum atomic E-state index is -4.79. The molecule has 214 valence electrons. The first kappa shape index (κ1) is 30.3. The number of carbonyl (C=O) groups excluding carboxylic acids is 1. The zero-order valence-electron chi connectivity index (χ0n) is 22.1. The van der Waals surface area contributed by atoms with Crippen molar-refractivity contribution in [1.29, 1.82) is 0 Å². The first-order valence-corrected chi connectivity index (χ1v) is 13.3. The highest BCUT2D eigenvalue weighted by Crippen LogP contribution is 2.31. The van der Waals surface area contributed by atoms with Gasteiger partial charge in [0.25, 0.3) is 5.91 Å². The van der Waals surface area contributed by atoms with E-state index in [-0.39, 0.29) is 6.42 Å². The van der Waals surface area contributed by atoms with Crippen LogP contribution in [0.3, 0.4) is 0 Å². The molecule has 0 aliphatic carbocycles. The van der Waals surface area contributed by atoms with Gasteiger partial charge in [-0.05, 0) is 69.7 Å². The molecule has 0 aromatic carbocycles. The molecule has 39 heavy (non-hydrogen) atoms. The van der Waals surface area contributed by atoms with Gasteiger partial charge in [-0.1, -0.05) is 6.07 Å². The number of carbonyl (C=O) groups is 2. The maximum Gasteiger partial charge on any atom is 0.418 e. The van der Waals surface area contributed by atoms with Crippen LogP contribution in [0, 0.1) is 0 Å². The number of halogens is 3. The Balaban J connectivity index is 1.54. The second kappa shape index (κ2) is 14.8. The molecule has 0 radical (unpaired) electrons. The fourth-order valence-corrected chi connectivity index (χ4v) is 4.45. The van der Waals surface area contributed by atoms with Gasteiger partial charge in [-0.2, -0.15) is 13.2 Å². The Bertz CT molecular complexity index is 1100. The van der Waals surface area contributed by atoms with E-state index in [2.05, 4.69) is 27.8 Å². The Morgan fingerprint density at radius 3 is 2.77 bits per heavy atom. The average Bonchev–Trinajstić information content (AvgIpc) is 2.92. The van der Waals surface area contributed by atoms with E-state index < -0.39 is 35.2 Å². The maximum absolute atomic E-state index is 13.3. The van der Waals surface area contributed by atoms with Crippen molar-refractivity contribution < 1.29 is 32.6 Å². The van der Waals surface area contributed by atoms with Crippen LogP contribution >= 0.6 is 0 Å². The van der Waals surface area contributed by atoms with Crippen LogP contribution < -0.4 is 10.6 Å². The number of aliphatic carboxylic acids is 1. The first-order chi connectivity index (χ1) is 18.7. The number of aromatic nitrogens is 2. The van der Waals surface area contributed by atoms with Crippen molar-refractivity contribution in [2.45, 2.75) is 57.7 Å². The lowest BCUT2D eigenvalue weighted by atomic mass is 10.1. The predicted octanol–water partition coefficient (Wildman–Crippen LogP) is 3.79. The van der Waals surface area contributed by atoms with Crippen LogP contribution in [0.15, 0.2) is 30.6 Å². The fourth-order valence-electron chi connectivity index (χ4n) is 4.45. The highest BCUT2D eigenvalue weighted by atomic mass is 19.4. The van der Waals surface area contributed by atoms with E-state index in [0.717, 1.165) is 62.4 Å². The molecule has 0 bridgehead atoms. The molecule has 0 fully saturated rings. The minimum Gasteiger partial charge on any atom is -0.480 e. The van der Waals surface area contributed by atoms with Crippen molar-refractivity contribution in [1.82, 2.24) is 20.2 Å². The molecule has 3 heterocycles. The number of ether oxygens (including phenoxy) is 1. The van der Waals surface area contributed by atoms with Crippen LogP contribution in [0.4, 0.5) is 19.0 Å². The number of hydrogen-bond donors (Lipinski definition) is 3. The van der Waals surface area contributed by atoms with E-state index in [1.54, 1.807) is 0 Å². The van der Waals surface area contributed by atoms with E-state index in [1.807, 2.05) is 11.8 Å². The predicted molar refractivity (Wildman–Crippen MR) is 140 cm³/mol. The van der Waals surface area contributed by atoms with E-state index in [0.29, 0.717) is 39.0 Å². The molecule has 2 aromatic rings. The molecule has 1 amide bonds. The molecule has 3 N–H and O–H groups in total. The molecule has 1 atom stereocenters. The van der Waals surface area contributed by atoms with Gasteiger partial charge in [0.1, 0.15) is 11.9 Å². The van der Waals surface area contributed by atoms with Crippen molar-refractivity contribution in [3.8, 4) is 0 Å². The molecule has 2 aromatic heterocycles. The summed E-state index contributed by atoms with van der Waals surface area (Å²) in [4.78, 5) is 34.6. The fraction of sp³-hybridized carbons (Fsp3) is 0.556. The van der Waals surface area contributed by atoms with Crippen LogP contribution in [0.2, 0.25) is 0 Å². The second-order valence-corrected chi connectivity index (χ2v) is 9.41. The number of carboxylic acids is 1. The van der Waals surface area contributed by atoms with Gasteiger partial charge in [0.05, 0.1) is 17.7 Å². The Morgan fingerprint density at radius 2 is 2.03 bits per heavy atom. The van der Waals surface area contributed by atoms with Gasteiger partial charge in [0.15, 0.2) is 0 Å². The lowest BCUT2D eigenvalue weighted by molar-refractivity contribution is -0.139. The third-order valence-corrected chi connectivity index (χ3v) is 6.57. The number of hydrogen-bond acceptors (Lipinski definition) is 7. The van der Waals surface area contributed by atoms with Crippen LogP contribution in [-0.2, 0) is 28.5 Å². The van der Waals surface area contributed by atoms with E-state index >= 15 is 0 Å². The minimum absolute atomic E-state index is 0.0255. The van der Waals surface area contributed by atoms with Crippen molar-refractivity contribution in [2.75, 3.05) is 44.7 Å². The first-order valence-electron chi connectivity index (χ1n) is 13.3. The molecule has 0 saturated heterocycles. The van der Waals surface area contributed by atoms with Crippen LogP contribution in [0.1, 0.15) is 59.8 Å². The number of nitrogens with zero attached hydrogens (tertiary/aromatic N) is 3. The number of pyridine rings is 2. The number of amides is 1. The Hall–Kier alpha value is -3.25. The quantitative estimate of drug-likeness (QED) is 0.287. The van der Waals surface area contributed by atoms with Gasteiger partial charge in [-0.15, -0.1) is 0 Å². The topological polar surface area (TPSA) is 117 Å². The summed E-state index contributed by atoms with van der Waals surface area (Å²) in [7, 11) is 0. The molecule has 0 spiro atoms. The SMILES string of the molecule is CCOCCN(CCCCc1ccc2c(n1)NCCC2)CCC(NC(=O)c1ccncc1C(F)(F)F)C(=O)O. The van der Waals surface area contributed by atoms with Crippen molar-refractivity contribution in [3.63, 3.8) is 0 Å². The van der Waals surface area contributed by atoms with E-state index in [1.165, 1.54) is 5.56 Å². The van der Waals surface area contributed by atoms with Crippen LogP contribution in [-0.4, -0.2) is 77.3 Å². The number of rotatable bonds is 15. The monoisotopic (exact) mass is 551 g/mol. The Morgan fingerprint density at radius 1 is 1.21 bits per heavy atom. The zero-order chi connectivity index (χ0) is 28.3. The number of carboxylic acid groups (broad SMARTS) is 1.